The zero-order valence-corrected chi connectivity index (χ0v) is 20.0. The third kappa shape index (κ3) is 5.34. The summed E-state index contributed by atoms with van der Waals surface area (Å²) in [6, 6.07) is 14.1. The molecule has 0 aliphatic heterocycles. The van der Waals surface area contributed by atoms with Crippen LogP contribution in [-0.2, 0) is 13.0 Å². The number of aromatic nitrogens is 2. The number of aryl methyl sites for hydroxylation is 2. The highest BCUT2D eigenvalue weighted by molar-refractivity contribution is 5.83. The number of pyridine rings is 1. The molecule has 32 heavy (non-hydrogen) atoms. The van der Waals surface area contributed by atoms with Gasteiger partial charge in [0.05, 0.1) is 12.2 Å². The zero-order valence-electron chi connectivity index (χ0n) is 20.0. The smallest absolute Gasteiger partial charge is 0.0931 e. The number of nitrogens with zero attached hydrogens (tertiary/aromatic N) is 3. The van der Waals surface area contributed by atoms with Crippen LogP contribution in [0.5, 0.6) is 0 Å². The molecule has 0 amide bonds. The summed E-state index contributed by atoms with van der Waals surface area (Å²) in [5.74, 6) is 7.50. The molecule has 0 saturated heterocycles. The standard InChI is InChI=1S/C28H36N4/c1-5-32-27(7-6-15-30-25-14-16-29-21(2)17-25)20-24-19-23(10-13-28(24)32)18-22-8-11-26(12-9-22)31(3)4/h10,13-14,16-17,19-20,22,26H,5,8-9,11-12,15,18H2,1-4H3,(H,29,30). The van der Waals surface area contributed by atoms with Gasteiger partial charge in [-0.2, -0.15) is 0 Å². The minimum atomic E-state index is 0.621. The Balaban J connectivity index is 1.43. The van der Waals surface area contributed by atoms with Crippen LogP contribution in [0, 0.1) is 24.7 Å². The van der Waals surface area contributed by atoms with Crippen molar-refractivity contribution >= 4 is 16.6 Å². The zero-order chi connectivity index (χ0) is 22.5. The molecule has 1 N–H and O–H groups in total. The molecular weight excluding hydrogens is 392 g/mol. The van der Waals surface area contributed by atoms with E-state index in [0.717, 1.165) is 35.6 Å². The Kier molecular flexibility index (Phi) is 7.17. The summed E-state index contributed by atoms with van der Waals surface area (Å²) in [6.45, 7) is 5.74. The van der Waals surface area contributed by atoms with Gasteiger partial charge in [-0.15, -0.1) is 0 Å². The van der Waals surface area contributed by atoms with Gasteiger partial charge >= 0.3 is 0 Å². The minimum absolute atomic E-state index is 0.621. The van der Waals surface area contributed by atoms with E-state index in [1.165, 1.54) is 48.6 Å². The lowest BCUT2D eigenvalue weighted by Gasteiger charge is -2.32. The first-order valence-electron chi connectivity index (χ1n) is 12.0. The van der Waals surface area contributed by atoms with E-state index in [2.05, 4.69) is 76.9 Å². The molecule has 4 nitrogen and oxygen atoms in total. The van der Waals surface area contributed by atoms with Crippen LogP contribution < -0.4 is 5.32 Å². The van der Waals surface area contributed by atoms with Gasteiger partial charge in [0.2, 0.25) is 0 Å². The molecule has 0 atom stereocenters. The van der Waals surface area contributed by atoms with Crippen molar-refractivity contribution in [1.29, 1.82) is 0 Å². The lowest BCUT2D eigenvalue weighted by Crippen LogP contribution is -2.32. The molecule has 4 heteroatoms. The van der Waals surface area contributed by atoms with Crippen molar-refractivity contribution in [2.45, 2.75) is 58.5 Å². The van der Waals surface area contributed by atoms with Gasteiger partial charge in [-0.1, -0.05) is 12.0 Å². The van der Waals surface area contributed by atoms with Crippen LogP contribution >= 0.6 is 0 Å². The van der Waals surface area contributed by atoms with E-state index in [1.807, 2.05) is 25.3 Å². The van der Waals surface area contributed by atoms with Gasteiger partial charge in [-0.05, 0) is 108 Å². The van der Waals surface area contributed by atoms with Crippen LogP contribution in [0.3, 0.4) is 0 Å². The van der Waals surface area contributed by atoms with Crippen molar-refractivity contribution in [2.24, 2.45) is 5.92 Å². The Hall–Kier alpha value is -2.77. The van der Waals surface area contributed by atoms with Gasteiger partial charge in [-0.3, -0.25) is 4.98 Å². The molecule has 0 bridgehead atoms. The number of benzene rings is 1. The van der Waals surface area contributed by atoms with Gasteiger partial charge in [0.1, 0.15) is 0 Å². The van der Waals surface area contributed by atoms with Crippen LogP contribution in [0.15, 0.2) is 42.6 Å². The summed E-state index contributed by atoms with van der Waals surface area (Å²) >= 11 is 0. The molecule has 0 spiro atoms. The maximum absolute atomic E-state index is 4.24. The van der Waals surface area contributed by atoms with Crippen LogP contribution in [0.4, 0.5) is 5.69 Å². The second kappa shape index (κ2) is 10.2. The summed E-state index contributed by atoms with van der Waals surface area (Å²) in [6.07, 6.45) is 8.38. The third-order valence-corrected chi connectivity index (χ3v) is 6.85. The molecular formula is C28H36N4. The number of fused-ring (bicyclic) bond motifs is 1. The molecule has 168 valence electrons. The van der Waals surface area contributed by atoms with Crippen molar-refractivity contribution in [1.82, 2.24) is 14.5 Å². The largest absolute Gasteiger partial charge is 0.374 e. The summed E-state index contributed by atoms with van der Waals surface area (Å²) < 4.78 is 2.32. The van der Waals surface area contributed by atoms with Crippen LogP contribution in [0.2, 0.25) is 0 Å². The fraction of sp³-hybridized carbons (Fsp3) is 0.464. The highest BCUT2D eigenvalue weighted by atomic mass is 15.1. The first-order valence-corrected chi connectivity index (χ1v) is 12.0. The SMILES string of the molecule is CCn1c(C#CCNc2ccnc(C)c2)cc2cc(CC3CCC(N(C)C)CC3)ccc21. The van der Waals surface area contributed by atoms with Crippen molar-refractivity contribution < 1.29 is 0 Å². The fourth-order valence-corrected chi connectivity index (χ4v) is 5.03. The molecule has 1 fully saturated rings. The summed E-state index contributed by atoms with van der Waals surface area (Å²) in [4.78, 5) is 6.63. The average molecular weight is 429 g/mol. The number of rotatable bonds is 6. The van der Waals surface area contributed by atoms with Crippen molar-refractivity contribution in [3.63, 3.8) is 0 Å². The van der Waals surface area contributed by atoms with Gasteiger partial charge in [-0.25, -0.2) is 0 Å². The maximum Gasteiger partial charge on any atom is 0.0931 e. The fourth-order valence-electron chi connectivity index (χ4n) is 5.03. The highest BCUT2D eigenvalue weighted by Crippen LogP contribution is 2.30. The second-order valence-electron chi connectivity index (χ2n) is 9.35. The Bertz CT molecular complexity index is 1110. The summed E-state index contributed by atoms with van der Waals surface area (Å²) in [5, 5.41) is 4.68. The van der Waals surface area contributed by atoms with Gasteiger partial charge < -0.3 is 14.8 Å². The lowest BCUT2D eigenvalue weighted by molar-refractivity contribution is 0.193. The maximum atomic E-state index is 4.24. The first-order chi connectivity index (χ1) is 15.5. The predicted molar refractivity (Wildman–Crippen MR) is 135 cm³/mol. The third-order valence-electron chi connectivity index (χ3n) is 6.85. The predicted octanol–water partition coefficient (Wildman–Crippen LogP) is 5.49. The van der Waals surface area contributed by atoms with E-state index in [-0.39, 0.29) is 0 Å². The lowest BCUT2D eigenvalue weighted by atomic mass is 9.82. The minimum Gasteiger partial charge on any atom is -0.374 e. The van der Waals surface area contributed by atoms with Gasteiger partial charge in [0, 0.05) is 41.1 Å². The summed E-state index contributed by atoms with van der Waals surface area (Å²) in [7, 11) is 4.43. The number of hydrogen-bond donors (Lipinski definition) is 1. The number of nitrogens with one attached hydrogen (secondary N) is 1. The molecule has 1 saturated carbocycles. The Morgan fingerprint density at radius 1 is 1.09 bits per heavy atom. The van der Waals surface area contributed by atoms with Crippen LogP contribution in [-0.4, -0.2) is 41.1 Å². The number of anilines is 1. The molecule has 0 radical (unpaired) electrons. The van der Waals surface area contributed by atoms with E-state index in [4.69, 9.17) is 0 Å². The van der Waals surface area contributed by atoms with E-state index in [0.29, 0.717) is 6.54 Å². The van der Waals surface area contributed by atoms with Crippen LogP contribution in [0.25, 0.3) is 10.9 Å². The normalized spacial score (nSPS) is 18.5. The molecule has 1 aliphatic rings. The van der Waals surface area contributed by atoms with Crippen molar-refractivity contribution in [3.8, 4) is 11.8 Å². The molecule has 1 aliphatic carbocycles. The molecule has 4 rings (SSSR count). The molecule has 2 heterocycles. The average Bonchev–Trinajstić information content (AvgIpc) is 3.13. The Morgan fingerprint density at radius 2 is 1.91 bits per heavy atom. The van der Waals surface area contributed by atoms with Crippen LogP contribution in [0.1, 0.15) is 49.6 Å². The molecule has 2 aromatic heterocycles. The van der Waals surface area contributed by atoms with Gasteiger partial charge in [0.25, 0.3) is 0 Å². The molecule has 1 aromatic carbocycles. The Labute approximate surface area is 193 Å². The van der Waals surface area contributed by atoms with Crippen molar-refractivity contribution in [3.05, 3.63) is 59.5 Å². The first kappa shape index (κ1) is 22.4. The van der Waals surface area contributed by atoms with Crippen molar-refractivity contribution in [2.75, 3.05) is 26.0 Å². The second-order valence-corrected chi connectivity index (χ2v) is 9.35. The molecule has 3 aromatic rings. The monoisotopic (exact) mass is 428 g/mol. The quantitative estimate of drug-likeness (QED) is 0.527. The van der Waals surface area contributed by atoms with E-state index in [9.17, 15) is 0 Å². The van der Waals surface area contributed by atoms with E-state index >= 15 is 0 Å². The highest BCUT2D eigenvalue weighted by Gasteiger charge is 2.22. The summed E-state index contributed by atoms with van der Waals surface area (Å²) in [5.41, 5.74) is 5.92. The van der Waals surface area contributed by atoms with E-state index in [1.54, 1.807) is 0 Å². The van der Waals surface area contributed by atoms with E-state index < -0.39 is 0 Å². The molecule has 0 unspecified atom stereocenters. The van der Waals surface area contributed by atoms with Gasteiger partial charge in [0.15, 0.2) is 0 Å². The Morgan fingerprint density at radius 3 is 2.62 bits per heavy atom. The number of hydrogen-bond acceptors (Lipinski definition) is 3. The topological polar surface area (TPSA) is 33.1 Å².